The Kier molecular flexibility index (Phi) is 5.33. The fourth-order valence-electron chi connectivity index (χ4n) is 2.79. The number of phenols is 1. The second-order valence-electron chi connectivity index (χ2n) is 7.31. The number of hydrogen-bond acceptors (Lipinski definition) is 5. The molecule has 27 heavy (non-hydrogen) atoms. The Morgan fingerprint density at radius 2 is 1.78 bits per heavy atom. The normalized spacial score (nSPS) is 11.4. The lowest BCUT2D eigenvalue weighted by molar-refractivity contribution is 0.0526. The number of aromatic hydroxyl groups is 1. The molecule has 3 aromatic rings. The standard InChI is InChI=1S/C22H23NO3S/c1-5-26-21(25)15-8-6-14(7-9-15)20-23-13-19(27-20)16-10-11-18(24)17(12-16)22(2,3)4/h6-13,24H,5H2,1-4H3. The lowest BCUT2D eigenvalue weighted by Gasteiger charge is -2.21. The van der Waals surface area contributed by atoms with Gasteiger partial charge in [-0.2, -0.15) is 0 Å². The Morgan fingerprint density at radius 1 is 1.11 bits per heavy atom. The Bertz CT molecular complexity index is 952. The van der Waals surface area contributed by atoms with E-state index in [-0.39, 0.29) is 11.4 Å². The van der Waals surface area contributed by atoms with Gasteiger partial charge in [-0.1, -0.05) is 32.9 Å². The third-order valence-corrected chi connectivity index (χ3v) is 5.33. The molecular formula is C22H23NO3S. The molecular weight excluding hydrogens is 358 g/mol. The predicted molar refractivity (Wildman–Crippen MR) is 109 cm³/mol. The fraction of sp³-hybridized carbons (Fsp3) is 0.273. The Balaban J connectivity index is 1.88. The van der Waals surface area contributed by atoms with Crippen LogP contribution in [0.4, 0.5) is 0 Å². The summed E-state index contributed by atoms with van der Waals surface area (Å²) in [5, 5.41) is 11.0. The minimum atomic E-state index is -0.317. The van der Waals surface area contributed by atoms with E-state index < -0.39 is 0 Å². The molecule has 0 fully saturated rings. The van der Waals surface area contributed by atoms with Crippen molar-refractivity contribution in [3.8, 4) is 26.8 Å². The molecule has 3 rings (SSSR count). The molecule has 5 heteroatoms. The van der Waals surface area contributed by atoms with Crippen LogP contribution in [0.3, 0.4) is 0 Å². The van der Waals surface area contributed by atoms with Crippen molar-refractivity contribution >= 4 is 17.3 Å². The highest BCUT2D eigenvalue weighted by atomic mass is 32.1. The number of rotatable bonds is 4. The van der Waals surface area contributed by atoms with E-state index in [2.05, 4.69) is 25.8 Å². The molecule has 0 aliphatic heterocycles. The molecule has 0 aliphatic rings. The molecule has 0 amide bonds. The quantitative estimate of drug-likeness (QED) is 0.593. The van der Waals surface area contributed by atoms with E-state index in [9.17, 15) is 9.90 Å². The van der Waals surface area contributed by atoms with Crippen molar-refractivity contribution in [1.82, 2.24) is 4.98 Å². The second-order valence-corrected chi connectivity index (χ2v) is 8.34. The van der Waals surface area contributed by atoms with E-state index in [1.807, 2.05) is 30.5 Å². The summed E-state index contributed by atoms with van der Waals surface area (Å²) >= 11 is 1.58. The van der Waals surface area contributed by atoms with Crippen molar-refractivity contribution in [2.45, 2.75) is 33.1 Å². The van der Waals surface area contributed by atoms with Crippen LogP contribution >= 0.6 is 11.3 Å². The average molecular weight is 381 g/mol. The van der Waals surface area contributed by atoms with Crippen molar-refractivity contribution in [3.05, 3.63) is 59.8 Å². The summed E-state index contributed by atoms with van der Waals surface area (Å²) in [5.41, 5.74) is 3.29. The molecule has 0 saturated carbocycles. The molecule has 4 nitrogen and oxygen atoms in total. The summed E-state index contributed by atoms with van der Waals surface area (Å²) in [6, 6.07) is 12.9. The van der Waals surface area contributed by atoms with Gasteiger partial charge < -0.3 is 9.84 Å². The first kappa shape index (κ1) is 19.1. The molecule has 0 spiro atoms. The van der Waals surface area contributed by atoms with Gasteiger partial charge in [0.2, 0.25) is 0 Å². The van der Waals surface area contributed by atoms with Gasteiger partial charge in [-0.25, -0.2) is 9.78 Å². The largest absolute Gasteiger partial charge is 0.508 e. The van der Waals surface area contributed by atoms with Gasteiger partial charge in [0.15, 0.2) is 0 Å². The van der Waals surface area contributed by atoms with E-state index >= 15 is 0 Å². The van der Waals surface area contributed by atoms with Crippen LogP contribution in [-0.4, -0.2) is 22.7 Å². The average Bonchev–Trinajstić information content (AvgIpc) is 3.11. The van der Waals surface area contributed by atoms with Crippen molar-refractivity contribution in [2.24, 2.45) is 0 Å². The van der Waals surface area contributed by atoms with Gasteiger partial charge >= 0.3 is 5.97 Å². The SMILES string of the molecule is CCOC(=O)c1ccc(-c2ncc(-c3ccc(O)c(C(C)(C)C)c3)s2)cc1. The van der Waals surface area contributed by atoms with E-state index in [1.54, 1.807) is 36.5 Å². The second kappa shape index (κ2) is 7.53. The number of carbonyl (C=O) groups excluding carboxylic acids is 1. The van der Waals surface area contributed by atoms with Crippen molar-refractivity contribution in [1.29, 1.82) is 0 Å². The highest BCUT2D eigenvalue weighted by molar-refractivity contribution is 7.18. The summed E-state index contributed by atoms with van der Waals surface area (Å²) in [7, 11) is 0. The van der Waals surface area contributed by atoms with E-state index in [4.69, 9.17) is 4.74 Å². The maximum Gasteiger partial charge on any atom is 0.338 e. The van der Waals surface area contributed by atoms with Gasteiger partial charge in [-0.15, -0.1) is 11.3 Å². The molecule has 0 aliphatic carbocycles. The highest BCUT2D eigenvalue weighted by Crippen LogP contribution is 2.37. The Labute approximate surface area is 163 Å². The minimum Gasteiger partial charge on any atom is -0.508 e. The third kappa shape index (κ3) is 4.19. The molecule has 1 heterocycles. The summed E-state index contributed by atoms with van der Waals surface area (Å²) in [6.07, 6.45) is 1.85. The van der Waals surface area contributed by atoms with Crippen LogP contribution in [0.1, 0.15) is 43.6 Å². The van der Waals surface area contributed by atoms with Crippen LogP contribution in [-0.2, 0) is 10.2 Å². The maximum absolute atomic E-state index is 11.8. The van der Waals surface area contributed by atoms with E-state index in [0.29, 0.717) is 17.9 Å². The van der Waals surface area contributed by atoms with Gasteiger partial charge in [0.25, 0.3) is 0 Å². The molecule has 0 saturated heterocycles. The fourth-order valence-corrected chi connectivity index (χ4v) is 3.71. The lowest BCUT2D eigenvalue weighted by atomic mass is 9.85. The maximum atomic E-state index is 11.8. The molecule has 1 aromatic heterocycles. The molecule has 1 N–H and O–H groups in total. The number of nitrogens with zero attached hydrogens (tertiary/aromatic N) is 1. The van der Waals surface area contributed by atoms with Crippen LogP contribution in [0, 0.1) is 0 Å². The van der Waals surface area contributed by atoms with Crippen LogP contribution < -0.4 is 0 Å². The van der Waals surface area contributed by atoms with E-state index in [1.165, 1.54) is 0 Å². The summed E-state index contributed by atoms with van der Waals surface area (Å²) in [4.78, 5) is 17.3. The predicted octanol–water partition coefficient (Wildman–Crippen LogP) is 5.66. The number of esters is 1. The highest BCUT2D eigenvalue weighted by Gasteiger charge is 2.19. The van der Waals surface area contributed by atoms with Gasteiger partial charge in [0.05, 0.1) is 17.0 Å². The Hall–Kier alpha value is -2.66. The summed E-state index contributed by atoms with van der Waals surface area (Å²) < 4.78 is 5.01. The molecule has 0 radical (unpaired) electrons. The number of thiazole rings is 1. The van der Waals surface area contributed by atoms with Crippen molar-refractivity contribution in [3.63, 3.8) is 0 Å². The van der Waals surface area contributed by atoms with Crippen molar-refractivity contribution in [2.75, 3.05) is 6.61 Å². The van der Waals surface area contributed by atoms with Gasteiger partial charge in [-0.3, -0.25) is 0 Å². The van der Waals surface area contributed by atoms with Gasteiger partial charge in [-0.05, 0) is 53.8 Å². The van der Waals surface area contributed by atoms with Crippen molar-refractivity contribution < 1.29 is 14.6 Å². The third-order valence-electron chi connectivity index (χ3n) is 4.24. The molecule has 0 atom stereocenters. The lowest BCUT2D eigenvalue weighted by Crippen LogP contribution is -2.11. The number of benzene rings is 2. The number of carbonyl (C=O) groups is 1. The molecule has 140 valence electrons. The zero-order valence-corrected chi connectivity index (χ0v) is 16.8. The van der Waals surface area contributed by atoms with Gasteiger partial charge in [0.1, 0.15) is 10.8 Å². The topological polar surface area (TPSA) is 59.4 Å². The number of phenolic OH excluding ortho intramolecular Hbond substituents is 1. The molecule has 0 unspecified atom stereocenters. The van der Waals surface area contributed by atoms with Crippen LogP contribution in [0.25, 0.3) is 21.0 Å². The van der Waals surface area contributed by atoms with Crippen LogP contribution in [0.2, 0.25) is 0 Å². The minimum absolute atomic E-state index is 0.142. The number of aromatic nitrogens is 1. The molecule has 2 aromatic carbocycles. The first-order chi connectivity index (χ1) is 12.8. The first-order valence-electron chi connectivity index (χ1n) is 8.87. The van der Waals surface area contributed by atoms with Gasteiger partial charge in [0, 0.05) is 11.8 Å². The monoisotopic (exact) mass is 381 g/mol. The summed E-state index contributed by atoms with van der Waals surface area (Å²) in [6.45, 7) is 8.39. The first-order valence-corrected chi connectivity index (χ1v) is 9.68. The zero-order valence-electron chi connectivity index (χ0n) is 15.9. The zero-order chi connectivity index (χ0) is 19.6. The summed E-state index contributed by atoms with van der Waals surface area (Å²) in [5.74, 6) is -0.00627. The van der Waals surface area contributed by atoms with E-state index in [0.717, 1.165) is 26.6 Å². The number of ether oxygens (including phenoxy) is 1. The smallest absolute Gasteiger partial charge is 0.338 e. The van der Waals surface area contributed by atoms with Crippen LogP contribution in [0.15, 0.2) is 48.7 Å². The Morgan fingerprint density at radius 3 is 2.41 bits per heavy atom. The number of hydrogen-bond donors (Lipinski definition) is 1. The molecule has 0 bridgehead atoms. The van der Waals surface area contributed by atoms with Crippen LogP contribution in [0.5, 0.6) is 5.75 Å².